The van der Waals surface area contributed by atoms with Crippen molar-refractivity contribution in [3.63, 3.8) is 0 Å². The van der Waals surface area contributed by atoms with Crippen molar-refractivity contribution in [3.8, 4) is 0 Å². The summed E-state index contributed by atoms with van der Waals surface area (Å²) in [6.07, 6.45) is 8.83. The Balaban J connectivity index is 1.82. The maximum atomic E-state index is 4.62. The fourth-order valence-corrected chi connectivity index (χ4v) is 7.08. The smallest absolute Gasteiger partial charge is 0.0122 e. The van der Waals surface area contributed by atoms with Crippen molar-refractivity contribution in [2.45, 2.75) is 32.6 Å². The van der Waals surface area contributed by atoms with Crippen LogP contribution in [-0.4, -0.2) is 0 Å². The van der Waals surface area contributed by atoms with E-state index in [1.165, 1.54) is 43.5 Å². The van der Waals surface area contributed by atoms with Crippen LogP contribution in [0, 0.1) is 0 Å². The van der Waals surface area contributed by atoms with Gasteiger partial charge in [-0.25, -0.2) is 0 Å². The highest BCUT2D eigenvalue weighted by Gasteiger charge is 2.21. The quantitative estimate of drug-likeness (QED) is 0.403. The number of hydrogen-bond donors (Lipinski definition) is 0. The lowest BCUT2D eigenvalue weighted by Gasteiger charge is -2.25. The predicted molar refractivity (Wildman–Crippen MR) is 142 cm³/mol. The molecule has 31 heavy (non-hydrogen) atoms. The van der Waals surface area contributed by atoms with Crippen molar-refractivity contribution in [3.05, 3.63) is 125 Å². The minimum atomic E-state index is -0.654. The van der Waals surface area contributed by atoms with E-state index in [1.54, 1.807) is 0 Å². The first kappa shape index (κ1) is 22.0. The third-order valence-corrected chi connectivity index (χ3v) is 9.03. The Morgan fingerprint density at radius 2 is 1.45 bits per heavy atom. The van der Waals surface area contributed by atoms with E-state index in [0.29, 0.717) is 0 Å². The van der Waals surface area contributed by atoms with E-state index in [0.717, 1.165) is 25.7 Å². The Morgan fingerprint density at radius 3 is 2.03 bits per heavy atom. The molecular formula is C29H30P2. The summed E-state index contributed by atoms with van der Waals surface area (Å²) in [6, 6.07) is 28.9. The minimum absolute atomic E-state index is 0.654. The number of rotatable bonds is 3. The second-order valence-electron chi connectivity index (χ2n) is 8.04. The van der Waals surface area contributed by atoms with Gasteiger partial charge in [-0.15, -0.1) is 9.24 Å². The van der Waals surface area contributed by atoms with Crippen LogP contribution in [0.4, 0.5) is 0 Å². The molecule has 0 amide bonds. The van der Waals surface area contributed by atoms with Crippen LogP contribution in [-0.2, 0) is 12.8 Å². The molecule has 0 radical (unpaired) electrons. The molecule has 2 heteroatoms. The van der Waals surface area contributed by atoms with Gasteiger partial charge in [0, 0.05) is 0 Å². The standard InChI is InChI=1S/C29H30P2/c1-3-23-16-18-25-19-17-24(20-28(25)30)15-14-22(2)29(21-23)31(26-10-6-4-7-11-26)27-12-8-5-9-13-27/h3-13,17,19-21H,2,14-16,18,30H2,1H3/b23-3-,29-21+. The van der Waals surface area contributed by atoms with Crippen LogP contribution >= 0.6 is 17.2 Å². The van der Waals surface area contributed by atoms with Gasteiger partial charge in [-0.2, -0.15) is 0 Å². The van der Waals surface area contributed by atoms with Crippen molar-refractivity contribution in [1.29, 1.82) is 0 Å². The van der Waals surface area contributed by atoms with Crippen molar-refractivity contribution >= 4 is 33.1 Å². The highest BCUT2D eigenvalue weighted by Crippen LogP contribution is 2.48. The van der Waals surface area contributed by atoms with Crippen LogP contribution in [0.15, 0.2) is 114 Å². The zero-order valence-electron chi connectivity index (χ0n) is 18.2. The molecule has 1 atom stereocenters. The Labute approximate surface area is 190 Å². The summed E-state index contributed by atoms with van der Waals surface area (Å²) in [5.41, 5.74) is 5.47. The van der Waals surface area contributed by atoms with Gasteiger partial charge in [0.2, 0.25) is 0 Å². The molecular weight excluding hydrogens is 410 g/mol. The van der Waals surface area contributed by atoms with E-state index in [9.17, 15) is 0 Å². The zero-order valence-corrected chi connectivity index (χ0v) is 20.3. The summed E-state index contributed by atoms with van der Waals surface area (Å²) in [4.78, 5) is 0. The molecule has 0 aliphatic heterocycles. The second kappa shape index (κ2) is 10.4. The summed E-state index contributed by atoms with van der Waals surface area (Å²) in [5, 5.41) is 5.50. The lowest BCUT2D eigenvalue weighted by Crippen LogP contribution is -2.14. The fraction of sp³-hybridized carbons (Fsp3) is 0.172. The second-order valence-corrected chi connectivity index (χ2v) is 10.8. The molecule has 0 nitrogen and oxygen atoms in total. The molecule has 0 saturated heterocycles. The molecule has 0 N–H and O–H groups in total. The van der Waals surface area contributed by atoms with Crippen LogP contribution in [0.1, 0.15) is 30.9 Å². The maximum absolute atomic E-state index is 4.62. The summed E-state index contributed by atoms with van der Waals surface area (Å²) in [7, 11) is 2.28. The van der Waals surface area contributed by atoms with Crippen LogP contribution in [0.2, 0.25) is 0 Å². The van der Waals surface area contributed by atoms with Crippen LogP contribution in [0.5, 0.6) is 0 Å². The van der Waals surface area contributed by atoms with E-state index in [2.05, 4.69) is 114 Å². The predicted octanol–water partition coefficient (Wildman–Crippen LogP) is 6.59. The number of aryl methyl sites for hydroxylation is 2. The molecule has 0 fully saturated rings. The lowest BCUT2D eigenvalue weighted by atomic mass is 9.97. The van der Waals surface area contributed by atoms with Crippen molar-refractivity contribution < 1.29 is 0 Å². The third-order valence-electron chi connectivity index (χ3n) is 5.93. The number of fused-ring (bicyclic) bond motifs is 8. The Hall–Kier alpha value is -2.26. The maximum Gasteiger partial charge on any atom is -0.0122 e. The van der Waals surface area contributed by atoms with Crippen molar-refractivity contribution in [2.75, 3.05) is 0 Å². The van der Waals surface area contributed by atoms with Gasteiger partial charge < -0.3 is 0 Å². The van der Waals surface area contributed by atoms with Crippen molar-refractivity contribution in [1.82, 2.24) is 0 Å². The van der Waals surface area contributed by atoms with Crippen molar-refractivity contribution in [2.24, 2.45) is 0 Å². The molecule has 0 aromatic heterocycles. The Morgan fingerprint density at radius 1 is 0.806 bits per heavy atom. The molecule has 2 bridgehead atoms. The summed E-state index contributed by atoms with van der Waals surface area (Å²) in [6.45, 7) is 6.78. The molecule has 2 aliphatic carbocycles. The molecule has 1 unspecified atom stereocenters. The van der Waals surface area contributed by atoms with Gasteiger partial charge in [-0.1, -0.05) is 103 Å². The normalized spacial score (nSPS) is 17.8. The van der Waals surface area contributed by atoms with Crippen LogP contribution < -0.4 is 15.9 Å². The summed E-state index contributed by atoms with van der Waals surface area (Å²) >= 11 is 0. The van der Waals surface area contributed by atoms with Gasteiger partial charge in [0.1, 0.15) is 0 Å². The van der Waals surface area contributed by atoms with Gasteiger partial charge in [-0.3, -0.25) is 0 Å². The van der Waals surface area contributed by atoms with Crippen LogP contribution in [0.25, 0.3) is 0 Å². The minimum Gasteiger partial charge on any atom is -0.105 e. The Kier molecular flexibility index (Phi) is 7.34. The van der Waals surface area contributed by atoms with Gasteiger partial charge in [0.25, 0.3) is 0 Å². The summed E-state index contributed by atoms with van der Waals surface area (Å²) < 4.78 is 0. The average Bonchev–Trinajstić information content (AvgIpc) is 2.80. The number of benzene rings is 3. The topological polar surface area (TPSA) is 0 Å². The monoisotopic (exact) mass is 440 g/mol. The van der Waals surface area contributed by atoms with E-state index in [-0.39, 0.29) is 0 Å². The van der Waals surface area contributed by atoms with Gasteiger partial charge >= 0.3 is 0 Å². The SMILES string of the molecule is C=C1CCc2ccc(c(P)c2)CCC(=C/C)/C=C\1P(c1ccccc1)c1ccccc1. The van der Waals surface area contributed by atoms with E-state index < -0.39 is 7.92 Å². The van der Waals surface area contributed by atoms with E-state index in [4.69, 9.17) is 0 Å². The highest BCUT2D eigenvalue weighted by atomic mass is 31.1. The first-order valence-corrected chi connectivity index (χ1v) is 12.9. The fourth-order valence-electron chi connectivity index (χ4n) is 4.11. The summed E-state index contributed by atoms with van der Waals surface area (Å²) in [5.74, 6) is 0. The van der Waals surface area contributed by atoms with Gasteiger partial charge in [0.05, 0.1) is 0 Å². The number of allylic oxidation sites excluding steroid dienone is 5. The van der Waals surface area contributed by atoms with Gasteiger partial charge in [-0.05, 0) is 78.5 Å². The zero-order chi connectivity index (χ0) is 21.6. The first-order chi connectivity index (χ1) is 15.2. The first-order valence-electron chi connectivity index (χ1n) is 11.0. The third kappa shape index (κ3) is 5.33. The average molecular weight is 441 g/mol. The van der Waals surface area contributed by atoms with Gasteiger partial charge in [0.15, 0.2) is 0 Å². The Bertz CT molecular complexity index is 1070. The van der Waals surface area contributed by atoms with E-state index >= 15 is 0 Å². The molecule has 2 aliphatic rings. The highest BCUT2D eigenvalue weighted by molar-refractivity contribution is 7.77. The molecule has 0 heterocycles. The molecule has 5 rings (SSSR count). The molecule has 156 valence electrons. The molecule has 3 aromatic carbocycles. The molecule has 0 saturated carbocycles. The lowest BCUT2D eigenvalue weighted by molar-refractivity contribution is 0.937. The molecule has 3 aromatic rings. The van der Waals surface area contributed by atoms with E-state index in [1.807, 2.05) is 0 Å². The largest absolute Gasteiger partial charge is 0.105 e. The van der Waals surface area contributed by atoms with Crippen LogP contribution in [0.3, 0.4) is 0 Å². The number of hydrogen-bond acceptors (Lipinski definition) is 0. The molecule has 0 spiro atoms.